The van der Waals surface area contributed by atoms with Crippen LogP contribution in [0.25, 0.3) is 0 Å². The lowest BCUT2D eigenvalue weighted by Gasteiger charge is -2.15. The van der Waals surface area contributed by atoms with E-state index in [9.17, 15) is 4.79 Å². The molecule has 0 radical (unpaired) electrons. The highest BCUT2D eigenvalue weighted by molar-refractivity contribution is 5.77. The highest BCUT2D eigenvalue weighted by Gasteiger charge is 2.09. The Hall–Kier alpha value is -2.06. The van der Waals surface area contributed by atoms with Gasteiger partial charge >= 0.3 is 0 Å². The van der Waals surface area contributed by atoms with Crippen LogP contribution in [0.2, 0.25) is 0 Å². The Morgan fingerprint density at radius 1 is 1.56 bits per heavy atom. The summed E-state index contributed by atoms with van der Waals surface area (Å²) in [6.45, 7) is 0.263. The van der Waals surface area contributed by atoms with Crippen LogP contribution in [0.3, 0.4) is 0 Å². The maximum atomic E-state index is 11.6. The topological polar surface area (TPSA) is 73.6 Å². The third-order valence-electron chi connectivity index (χ3n) is 2.43. The van der Waals surface area contributed by atoms with Crippen molar-refractivity contribution in [1.29, 1.82) is 5.26 Å². The molecular weight excluding hydrogens is 232 g/mol. The molecule has 0 aliphatic rings. The predicted octanol–water partition coefficient (Wildman–Crippen LogP) is 0.930. The van der Waals surface area contributed by atoms with Gasteiger partial charge in [-0.3, -0.25) is 4.79 Å². The summed E-state index contributed by atoms with van der Waals surface area (Å²) < 4.78 is 5.33. The zero-order chi connectivity index (χ0) is 13.4. The lowest BCUT2D eigenvalue weighted by molar-refractivity contribution is -0.131. The summed E-state index contributed by atoms with van der Waals surface area (Å²) >= 11 is 0. The average molecular weight is 248 g/mol. The van der Waals surface area contributed by atoms with Crippen LogP contribution in [0, 0.1) is 11.3 Å². The second kappa shape index (κ2) is 7.30. The maximum Gasteiger partial charge on any atom is 0.260 e. The summed E-state index contributed by atoms with van der Waals surface area (Å²) in [5.41, 5.74) is 0.734. The fourth-order valence-corrected chi connectivity index (χ4v) is 1.33. The molecule has 1 aromatic carbocycles. The van der Waals surface area contributed by atoms with Gasteiger partial charge in [0.1, 0.15) is 5.75 Å². The fourth-order valence-electron chi connectivity index (χ4n) is 1.33. The molecule has 0 bridgehead atoms. The average Bonchev–Trinajstić information content (AvgIpc) is 2.42. The number of hydrogen-bond acceptors (Lipinski definition) is 4. The van der Waals surface area contributed by atoms with E-state index in [-0.39, 0.29) is 19.1 Å². The number of carbonyl (C=O) groups excluding carboxylic acids is 1. The second-order valence-corrected chi connectivity index (χ2v) is 3.82. The first-order valence-electron chi connectivity index (χ1n) is 5.61. The lowest BCUT2D eigenvalue weighted by atomic mass is 10.2. The van der Waals surface area contributed by atoms with Crippen molar-refractivity contribution in [2.24, 2.45) is 0 Å². The molecule has 0 saturated carbocycles. The number of likely N-dealkylation sites (N-methyl/N-ethyl adjacent to an activating group) is 1. The van der Waals surface area contributed by atoms with Gasteiger partial charge in [-0.25, -0.2) is 0 Å². The van der Waals surface area contributed by atoms with E-state index in [0.717, 1.165) is 5.56 Å². The number of amides is 1. The van der Waals surface area contributed by atoms with Gasteiger partial charge in [0, 0.05) is 13.6 Å². The van der Waals surface area contributed by atoms with E-state index in [4.69, 9.17) is 15.1 Å². The van der Waals surface area contributed by atoms with Crippen LogP contribution in [0.1, 0.15) is 12.0 Å². The molecule has 0 aromatic heterocycles. The SMILES string of the molecule is CN(CCC#N)C(=O)COc1cccc(CO)c1. The fraction of sp³-hybridized carbons (Fsp3) is 0.385. The molecule has 0 heterocycles. The quantitative estimate of drug-likeness (QED) is 0.812. The molecule has 18 heavy (non-hydrogen) atoms. The number of nitriles is 1. The van der Waals surface area contributed by atoms with Crippen molar-refractivity contribution in [1.82, 2.24) is 4.90 Å². The zero-order valence-corrected chi connectivity index (χ0v) is 10.3. The third-order valence-corrected chi connectivity index (χ3v) is 2.43. The van der Waals surface area contributed by atoms with Gasteiger partial charge < -0.3 is 14.7 Å². The van der Waals surface area contributed by atoms with Crippen LogP contribution in [0.15, 0.2) is 24.3 Å². The van der Waals surface area contributed by atoms with Gasteiger partial charge in [0.2, 0.25) is 0 Å². The van der Waals surface area contributed by atoms with E-state index >= 15 is 0 Å². The van der Waals surface area contributed by atoms with Crippen LogP contribution >= 0.6 is 0 Å². The molecule has 1 N–H and O–H groups in total. The van der Waals surface area contributed by atoms with Crippen LogP contribution in [-0.4, -0.2) is 36.1 Å². The predicted molar refractivity (Wildman–Crippen MR) is 65.7 cm³/mol. The Balaban J connectivity index is 2.44. The van der Waals surface area contributed by atoms with Gasteiger partial charge in [0.05, 0.1) is 19.1 Å². The number of nitrogens with zero attached hydrogens (tertiary/aromatic N) is 2. The summed E-state index contributed by atoms with van der Waals surface area (Å²) in [4.78, 5) is 13.1. The number of rotatable bonds is 6. The van der Waals surface area contributed by atoms with Gasteiger partial charge in [0.25, 0.3) is 5.91 Å². The molecule has 0 fully saturated rings. The van der Waals surface area contributed by atoms with Crippen LogP contribution in [-0.2, 0) is 11.4 Å². The van der Waals surface area contributed by atoms with Gasteiger partial charge in [-0.1, -0.05) is 12.1 Å². The molecule has 5 nitrogen and oxygen atoms in total. The molecule has 0 aliphatic carbocycles. The molecule has 0 spiro atoms. The second-order valence-electron chi connectivity index (χ2n) is 3.82. The van der Waals surface area contributed by atoms with Gasteiger partial charge in [-0.05, 0) is 17.7 Å². The van der Waals surface area contributed by atoms with Crippen LogP contribution in [0.4, 0.5) is 0 Å². The van der Waals surface area contributed by atoms with E-state index in [1.54, 1.807) is 31.3 Å². The molecule has 0 atom stereocenters. The number of aliphatic hydroxyl groups excluding tert-OH is 1. The summed E-state index contributed by atoms with van der Waals surface area (Å²) in [6, 6.07) is 8.91. The van der Waals surface area contributed by atoms with Gasteiger partial charge in [0.15, 0.2) is 6.61 Å². The van der Waals surface area contributed by atoms with Crippen molar-refractivity contribution in [3.8, 4) is 11.8 Å². The number of aliphatic hydroxyl groups is 1. The number of hydrogen-bond donors (Lipinski definition) is 1. The van der Waals surface area contributed by atoms with Crippen molar-refractivity contribution < 1.29 is 14.6 Å². The Labute approximate surface area is 106 Å². The summed E-state index contributed by atoms with van der Waals surface area (Å²) in [5.74, 6) is 0.364. The largest absolute Gasteiger partial charge is 0.484 e. The first kappa shape index (κ1) is 14.0. The van der Waals surface area contributed by atoms with Crippen LogP contribution < -0.4 is 4.74 Å². The third kappa shape index (κ3) is 4.44. The van der Waals surface area contributed by atoms with Crippen molar-refractivity contribution in [2.75, 3.05) is 20.2 Å². The van der Waals surface area contributed by atoms with Crippen molar-refractivity contribution in [3.63, 3.8) is 0 Å². The Morgan fingerprint density at radius 3 is 3.00 bits per heavy atom. The summed E-state index contributed by atoms with van der Waals surface area (Å²) in [6.07, 6.45) is 0.308. The van der Waals surface area contributed by atoms with E-state index in [0.29, 0.717) is 18.7 Å². The van der Waals surface area contributed by atoms with Gasteiger partial charge in [-0.15, -0.1) is 0 Å². The first-order chi connectivity index (χ1) is 8.67. The van der Waals surface area contributed by atoms with Crippen molar-refractivity contribution in [2.45, 2.75) is 13.0 Å². The molecule has 0 unspecified atom stereocenters. The molecule has 1 rings (SSSR count). The molecular formula is C13H16N2O3. The van der Waals surface area contributed by atoms with E-state index in [2.05, 4.69) is 0 Å². The molecule has 0 saturated heterocycles. The lowest BCUT2D eigenvalue weighted by Crippen LogP contribution is -2.32. The molecule has 1 aromatic rings. The summed E-state index contributed by atoms with van der Waals surface area (Å²) in [5, 5.41) is 17.4. The minimum atomic E-state index is -0.181. The minimum absolute atomic E-state index is 0.0623. The monoisotopic (exact) mass is 248 g/mol. The smallest absolute Gasteiger partial charge is 0.260 e. The van der Waals surface area contributed by atoms with Crippen LogP contribution in [0.5, 0.6) is 5.75 Å². The molecule has 5 heteroatoms. The molecule has 0 aliphatic heterocycles. The maximum absolute atomic E-state index is 11.6. The van der Waals surface area contributed by atoms with Crippen molar-refractivity contribution in [3.05, 3.63) is 29.8 Å². The molecule has 96 valence electrons. The Morgan fingerprint density at radius 2 is 2.33 bits per heavy atom. The van der Waals surface area contributed by atoms with E-state index in [1.807, 2.05) is 6.07 Å². The van der Waals surface area contributed by atoms with Gasteiger partial charge in [-0.2, -0.15) is 5.26 Å². The Kier molecular flexibility index (Phi) is 5.68. The number of carbonyl (C=O) groups is 1. The minimum Gasteiger partial charge on any atom is -0.484 e. The zero-order valence-electron chi connectivity index (χ0n) is 10.3. The van der Waals surface area contributed by atoms with Crippen molar-refractivity contribution >= 4 is 5.91 Å². The van der Waals surface area contributed by atoms with E-state index < -0.39 is 0 Å². The summed E-state index contributed by atoms with van der Waals surface area (Å²) in [7, 11) is 1.63. The number of benzene rings is 1. The molecule has 1 amide bonds. The number of ether oxygens (including phenoxy) is 1. The Bertz CT molecular complexity index is 440. The standard InChI is InChI=1S/C13H16N2O3/c1-15(7-3-6-14)13(17)10-18-12-5-2-4-11(8-12)9-16/h2,4-5,8,16H,3,7,9-10H2,1H3. The highest BCUT2D eigenvalue weighted by Crippen LogP contribution is 2.13. The van der Waals surface area contributed by atoms with E-state index in [1.165, 1.54) is 4.90 Å². The normalized spacial score (nSPS) is 9.61. The first-order valence-corrected chi connectivity index (χ1v) is 5.61. The highest BCUT2D eigenvalue weighted by atomic mass is 16.5.